The molecule has 31 heavy (non-hydrogen) atoms. The van der Waals surface area contributed by atoms with Crippen LogP contribution in [0.4, 0.5) is 0 Å². The van der Waals surface area contributed by atoms with Gasteiger partial charge in [-0.25, -0.2) is 0 Å². The number of carbonyl (C=O) groups is 1. The molecule has 0 heterocycles. The number of rotatable bonds is 11. The number of carbonyl (C=O) groups excluding carboxylic acids is 1. The van der Waals surface area contributed by atoms with Crippen LogP contribution in [0.5, 0.6) is 5.75 Å². The minimum absolute atomic E-state index is 0.190. The van der Waals surface area contributed by atoms with Crippen LogP contribution in [0.1, 0.15) is 52.4 Å². The molecule has 3 unspecified atom stereocenters. The summed E-state index contributed by atoms with van der Waals surface area (Å²) >= 11 is 1.65. The summed E-state index contributed by atoms with van der Waals surface area (Å²) in [4.78, 5) is 13.9. The number of fused-ring (bicyclic) bond motifs is 1. The zero-order chi connectivity index (χ0) is 22.1. The van der Waals surface area contributed by atoms with Crippen molar-refractivity contribution in [3.05, 3.63) is 36.4 Å². The van der Waals surface area contributed by atoms with Gasteiger partial charge in [0.2, 0.25) is 0 Å². The summed E-state index contributed by atoms with van der Waals surface area (Å²) in [5, 5.41) is 2.28. The van der Waals surface area contributed by atoms with Crippen molar-refractivity contribution in [2.75, 3.05) is 19.0 Å². The van der Waals surface area contributed by atoms with Crippen LogP contribution >= 0.6 is 20.2 Å². The Morgan fingerprint density at radius 1 is 1.10 bits per heavy atom. The summed E-state index contributed by atoms with van der Waals surface area (Å²) in [5.41, 5.74) is -0.223. The van der Waals surface area contributed by atoms with E-state index in [2.05, 4.69) is 18.2 Å². The zero-order valence-corrected chi connectivity index (χ0v) is 20.4. The molecule has 168 valence electrons. The maximum Gasteiger partial charge on any atom is 0.329 e. The first-order valence-corrected chi connectivity index (χ1v) is 13.5. The Hall–Kier alpha value is -1.58. The van der Waals surface area contributed by atoms with E-state index in [1.807, 2.05) is 32.0 Å². The Labute approximate surface area is 191 Å². The van der Waals surface area contributed by atoms with Gasteiger partial charge in [-0.1, -0.05) is 67.0 Å². The number of hydrogen-bond donors (Lipinski definition) is 0. The molecule has 1 aliphatic carbocycles. The fraction of sp³-hybridized carbons (Fsp3) is 0.560. The molecule has 0 saturated heterocycles. The van der Waals surface area contributed by atoms with E-state index in [0.717, 1.165) is 40.7 Å². The molecule has 1 fully saturated rings. The van der Waals surface area contributed by atoms with E-state index in [-0.39, 0.29) is 17.5 Å². The van der Waals surface area contributed by atoms with E-state index >= 15 is 0 Å². The Balaban J connectivity index is 1.81. The summed E-state index contributed by atoms with van der Waals surface area (Å²) in [6.45, 7) is 4.76. The van der Waals surface area contributed by atoms with Gasteiger partial charge in [-0.05, 0) is 43.0 Å². The van der Waals surface area contributed by atoms with E-state index in [1.165, 1.54) is 19.3 Å². The molecular weight excluding hydrogens is 427 g/mol. The van der Waals surface area contributed by atoms with Crippen molar-refractivity contribution in [1.82, 2.24) is 0 Å². The number of esters is 1. The van der Waals surface area contributed by atoms with E-state index in [9.17, 15) is 9.36 Å². The fourth-order valence-electron chi connectivity index (χ4n) is 4.50. The first kappa shape index (κ1) is 24.1. The van der Waals surface area contributed by atoms with E-state index in [1.54, 1.807) is 11.8 Å². The molecule has 0 bridgehead atoms. The highest BCUT2D eigenvalue weighted by Gasteiger charge is 2.37. The molecule has 0 aromatic heterocycles. The van der Waals surface area contributed by atoms with Gasteiger partial charge in [-0.3, -0.25) is 4.79 Å². The molecule has 0 aliphatic heterocycles. The van der Waals surface area contributed by atoms with Crippen molar-refractivity contribution < 1.29 is 18.8 Å². The van der Waals surface area contributed by atoms with E-state index < -0.39 is 8.46 Å². The van der Waals surface area contributed by atoms with Gasteiger partial charge < -0.3 is 9.47 Å². The highest BCUT2D eigenvalue weighted by atomic mass is 32.2. The van der Waals surface area contributed by atoms with Gasteiger partial charge >= 0.3 is 14.4 Å². The van der Waals surface area contributed by atoms with Gasteiger partial charge in [0.25, 0.3) is 0 Å². The lowest BCUT2D eigenvalue weighted by Gasteiger charge is -2.26. The first-order valence-electron chi connectivity index (χ1n) is 11.5. The number of benzene rings is 2. The maximum absolute atomic E-state index is 12.8. The molecule has 0 radical (unpaired) electrons. The Bertz CT molecular complexity index is 866. The number of hydrogen-bond acceptors (Lipinski definition) is 5. The third kappa shape index (κ3) is 6.46. The second-order valence-electron chi connectivity index (χ2n) is 8.18. The zero-order valence-electron chi connectivity index (χ0n) is 18.6. The Morgan fingerprint density at radius 2 is 1.87 bits per heavy atom. The van der Waals surface area contributed by atoms with Crippen molar-refractivity contribution in [2.24, 2.45) is 11.8 Å². The quantitative estimate of drug-likeness (QED) is 0.208. The summed E-state index contributed by atoms with van der Waals surface area (Å²) in [5.74, 6) is 1.48. The second-order valence-corrected chi connectivity index (χ2v) is 10.2. The largest absolute Gasteiger partial charge is 0.493 e. The van der Waals surface area contributed by atoms with Crippen LogP contribution in [0.25, 0.3) is 10.8 Å². The van der Waals surface area contributed by atoms with Crippen molar-refractivity contribution in [3.8, 4) is 5.75 Å². The average molecular weight is 462 g/mol. The van der Waals surface area contributed by atoms with Crippen LogP contribution in [0, 0.1) is 11.8 Å². The predicted octanol–water partition coefficient (Wildman–Crippen LogP) is 6.87. The van der Waals surface area contributed by atoms with Crippen LogP contribution in [0.2, 0.25) is 0 Å². The summed E-state index contributed by atoms with van der Waals surface area (Å²) in [7, 11) is -0.539. The smallest absolute Gasteiger partial charge is 0.329 e. The third-order valence-corrected chi connectivity index (χ3v) is 8.53. The van der Waals surface area contributed by atoms with Gasteiger partial charge in [0.15, 0.2) is 5.66 Å². The minimum atomic E-state index is -0.539. The molecule has 3 rings (SSSR count). The predicted molar refractivity (Wildman–Crippen MR) is 130 cm³/mol. The van der Waals surface area contributed by atoms with E-state index in [0.29, 0.717) is 24.9 Å². The van der Waals surface area contributed by atoms with Crippen molar-refractivity contribution >= 4 is 37.0 Å². The molecule has 0 spiro atoms. The molecule has 4 nitrogen and oxygen atoms in total. The molecule has 0 amide bonds. The molecular formula is C25H34O4PS+. The highest BCUT2D eigenvalue weighted by molar-refractivity contribution is 7.99. The van der Waals surface area contributed by atoms with Crippen LogP contribution < -0.4 is 4.74 Å². The maximum atomic E-state index is 12.8. The highest BCUT2D eigenvalue weighted by Crippen LogP contribution is 2.40. The van der Waals surface area contributed by atoms with Gasteiger partial charge in [-0.2, -0.15) is 0 Å². The van der Waals surface area contributed by atoms with Crippen LogP contribution in [0.3, 0.4) is 0 Å². The molecule has 2 aromatic carbocycles. The fourth-order valence-corrected chi connectivity index (χ4v) is 6.65. The molecule has 1 aliphatic rings. The van der Waals surface area contributed by atoms with Crippen LogP contribution in [0.15, 0.2) is 41.3 Å². The van der Waals surface area contributed by atoms with Crippen LogP contribution in [-0.2, 0) is 14.1 Å². The lowest BCUT2D eigenvalue weighted by molar-refractivity contribution is -0.148. The Kier molecular flexibility index (Phi) is 9.67. The minimum Gasteiger partial charge on any atom is -0.493 e. The number of thioether (sulfide) groups is 1. The molecule has 0 N–H and O–H groups in total. The Morgan fingerprint density at radius 3 is 2.58 bits per heavy atom. The summed E-state index contributed by atoms with van der Waals surface area (Å²) in [6, 6.07) is 12.3. The third-order valence-electron chi connectivity index (χ3n) is 6.09. The summed E-state index contributed by atoms with van der Waals surface area (Å²) < 4.78 is 23.6. The molecule has 3 atom stereocenters. The topological polar surface area (TPSA) is 52.6 Å². The molecule has 2 aromatic rings. The normalized spacial score (nSPS) is 16.8. The number of ether oxygens (including phenoxy) is 2. The lowest BCUT2D eigenvalue weighted by atomic mass is 9.82. The monoisotopic (exact) mass is 461 g/mol. The van der Waals surface area contributed by atoms with Crippen molar-refractivity contribution in [3.63, 3.8) is 0 Å². The second kappa shape index (κ2) is 12.5. The van der Waals surface area contributed by atoms with E-state index in [4.69, 9.17) is 9.47 Å². The molecule has 6 heteroatoms. The van der Waals surface area contributed by atoms with Gasteiger partial charge in [0.1, 0.15) is 11.7 Å². The van der Waals surface area contributed by atoms with Crippen molar-refractivity contribution in [2.45, 2.75) is 62.9 Å². The lowest BCUT2D eigenvalue weighted by Crippen LogP contribution is -2.31. The average Bonchev–Trinajstić information content (AvgIpc) is 2.80. The van der Waals surface area contributed by atoms with Crippen LogP contribution in [-0.4, -0.2) is 30.6 Å². The standard InChI is InChI=1S/C25H33O4PS/c1-3-28-22-15-14-19-12-8-9-13-20(19)24(22)31-17-23(30-27)21(25(26)29-4-2)16-18-10-6-5-7-11-18/h8-9,12-15,18,21,23H,3-7,10-11,16-17H2,1-2H3/p+1. The molecule has 1 saturated carbocycles. The SMILES string of the molecule is CCOC(=O)C(CC1CCCCC1)C(CSc1c(OCC)ccc2ccccc12)[PH+]=O. The van der Waals surface area contributed by atoms with Crippen molar-refractivity contribution in [1.29, 1.82) is 0 Å². The van der Waals surface area contributed by atoms with Gasteiger partial charge in [-0.15, -0.1) is 11.8 Å². The first-order chi connectivity index (χ1) is 15.2. The summed E-state index contributed by atoms with van der Waals surface area (Å²) in [6.07, 6.45) is 6.85. The van der Waals surface area contributed by atoms with Gasteiger partial charge in [0.05, 0.1) is 18.1 Å². The van der Waals surface area contributed by atoms with Gasteiger partial charge in [0, 0.05) is 5.75 Å².